The molecule has 0 aliphatic heterocycles. The molecule has 0 amide bonds. The van der Waals surface area contributed by atoms with Gasteiger partial charge in [0.05, 0.1) is 6.61 Å². The number of rotatable bonds is 4. The zero-order valence-corrected chi connectivity index (χ0v) is 12.1. The molecular weight excluding hydrogens is 234 g/mol. The van der Waals surface area contributed by atoms with Crippen LogP contribution in [0.4, 0.5) is 0 Å². The number of ether oxygens (including phenoxy) is 1. The highest BCUT2D eigenvalue weighted by Crippen LogP contribution is 2.28. The molecule has 19 heavy (non-hydrogen) atoms. The molecule has 2 nitrogen and oxygen atoms in total. The first-order chi connectivity index (χ1) is 9.01. The number of nitrogens with two attached hydrogens (primary N) is 1. The Kier molecular flexibility index (Phi) is 4.11. The molecular formula is C17H23NO. The van der Waals surface area contributed by atoms with E-state index < -0.39 is 0 Å². The van der Waals surface area contributed by atoms with Crippen LogP contribution in [0.5, 0.6) is 5.75 Å². The molecule has 2 aromatic carbocycles. The molecule has 0 fully saturated rings. The van der Waals surface area contributed by atoms with E-state index in [2.05, 4.69) is 39.0 Å². The van der Waals surface area contributed by atoms with Gasteiger partial charge in [-0.3, -0.25) is 0 Å². The van der Waals surface area contributed by atoms with Crippen LogP contribution in [0.2, 0.25) is 0 Å². The zero-order chi connectivity index (χ0) is 13.9. The lowest BCUT2D eigenvalue weighted by Crippen LogP contribution is -2.12. The molecule has 102 valence electrons. The van der Waals surface area contributed by atoms with Crippen molar-refractivity contribution < 1.29 is 4.74 Å². The smallest absolute Gasteiger partial charge is 0.124 e. The Hall–Kier alpha value is -1.54. The van der Waals surface area contributed by atoms with Gasteiger partial charge in [-0.15, -0.1) is 0 Å². The second kappa shape index (κ2) is 5.62. The van der Waals surface area contributed by atoms with Gasteiger partial charge in [0.25, 0.3) is 0 Å². The number of fused-ring (bicyclic) bond motifs is 1. The third-order valence-electron chi connectivity index (χ3n) is 3.31. The Morgan fingerprint density at radius 3 is 2.47 bits per heavy atom. The Morgan fingerprint density at radius 2 is 1.79 bits per heavy atom. The summed E-state index contributed by atoms with van der Waals surface area (Å²) < 4.78 is 5.93. The quantitative estimate of drug-likeness (QED) is 0.894. The molecule has 0 saturated carbocycles. The summed E-state index contributed by atoms with van der Waals surface area (Å²) in [5.41, 5.74) is 7.29. The number of hydrogen-bond acceptors (Lipinski definition) is 2. The van der Waals surface area contributed by atoms with Crippen LogP contribution in [0.15, 0.2) is 36.4 Å². The molecule has 2 N–H and O–H groups in total. The van der Waals surface area contributed by atoms with Gasteiger partial charge in [-0.2, -0.15) is 0 Å². The molecule has 0 heterocycles. The highest BCUT2D eigenvalue weighted by atomic mass is 16.5. The van der Waals surface area contributed by atoms with Crippen molar-refractivity contribution in [2.45, 2.75) is 33.7 Å². The molecule has 2 rings (SSSR count). The summed E-state index contributed by atoms with van der Waals surface area (Å²) in [5, 5.41) is 2.41. The van der Waals surface area contributed by atoms with Gasteiger partial charge < -0.3 is 10.5 Å². The van der Waals surface area contributed by atoms with Crippen LogP contribution in [-0.4, -0.2) is 6.61 Å². The van der Waals surface area contributed by atoms with Gasteiger partial charge in [0, 0.05) is 12.1 Å². The van der Waals surface area contributed by atoms with Crippen LogP contribution in [0.1, 0.15) is 32.8 Å². The van der Waals surface area contributed by atoms with Crippen LogP contribution < -0.4 is 10.5 Å². The third kappa shape index (κ3) is 3.48. The summed E-state index contributed by atoms with van der Waals surface area (Å²) in [4.78, 5) is 0. The van der Waals surface area contributed by atoms with Gasteiger partial charge >= 0.3 is 0 Å². The molecule has 0 spiro atoms. The lowest BCUT2D eigenvalue weighted by Gasteiger charge is -2.19. The van der Waals surface area contributed by atoms with Crippen molar-refractivity contribution in [1.82, 2.24) is 0 Å². The summed E-state index contributed by atoms with van der Waals surface area (Å²) in [6.07, 6.45) is 1.03. The van der Waals surface area contributed by atoms with E-state index in [-0.39, 0.29) is 0 Å². The standard InChI is InChI=1S/C17H23NO/c1-17(2,3)10-11-19-16-9-8-13-6-4-5-7-14(13)15(16)12-18/h4-9H,10-12,18H2,1-3H3. The molecule has 0 aliphatic rings. The van der Waals surface area contributed by atoms with Crippen molar-refractivity contribution in [3.05, 3.63) is 42.0 Å². The Morgan fingerprint density at radius 1 is 1.05 bits per heavy atom. The van der Waals surface area contributed by atoms with Crippen LogP contribution in [0.25, 0.3) is 10.8 Å². The fraction of sp³-hybridized carbons (Fsp3) is 0.412. The summed E-state index contributed by atoms with van der Waals surface area (Å²) >= 11 is 0. The molecule has 0 unspecified atom stereocenters. The lowest BCUT2D eigenvalue weighted by atomic mass is 9.93. The predicted molar refractivity (Wildman–Crippen MR) is 81.4 cm³/mol. The highest BCUT2D eigenvalue weighted by molar-refractivity contribution is 5.87. The van der Waals surface area contributed by atoms with E-state index in [1.54, 1.807) is 0 Å². The van der Waals surface area contributed by atoms with E-state index in [0.717, 1.165) is 24.3 Å². The van der Waals surface area contributed by atoms with Gasteiger partial charge in [0.15, 0.2) is 0 Å². The van der Waals surface area contributed by atoms with Crippen molar-refractivity contribution in [2.24, 2.45) is 11.1 Å². The van der Waals surface area contributed by atoms with Crippen molar-refractivity contribution in [3.63, 3.8) is 0 Å². The molecule has 0 atom stereocenters. The highest BCUT2D eigenvalue weighted by Gasteiger charge is 2.12. The molecule has 2 aromatic rings. The SMILES string of the molecule is CC(C)(C)CCOc1ccc2ccccc2c1CN. The Bertz CT molecular complexity index is 555. The maximum atomic E-state index is 5.93. The van der Waals surface area contributed by atoms with E-state index in [1.165, 1.54) is 10.8 Å². The minimum absolute atomic E-state index is 0.291. The summed E-state index contributed by atoms with van der Waals surface area (Å²) in [6, 6.07) is 12.4. The predicted octanol–water partition coefficient (Wildman–Crippen LogP) is 4.11. The normalized spacial score (nSPS) is 11.8. The van der Waals surface area contributed by atoms with E-state index >= 15 is 0 Å². The van der Waals surface area contributed by atoms with E-state index in [1.807, 2.05) is 18.2 Å². The van der Waals surface area contributed by atoms with Crippen molar-refractivity contribution in [1.29, 1.82) is 0 Å². The average Bonchev–Trinajstić information content (AvgIpc) is 2.37. The van der Waals surface area contributed by atoms with Crippen LogP contribution in [0, 0.1) is 5.41 Å². The van der Waals surface area contributed by atoms with Crippen molar-refractivity contribution in [2.75, 3.05) is 6.61 Å². The van der Waals surface area contributed by atoms with Crippen LogP contribution in [-0.2, 0) is 6.54 Å². The van der Waals surface area contributed by atoms with E-state index in [0.29, 0.717) is 12.0 Å². The third-order valence-corrected chi connectivity index (χ3v) is 3.31. The first kappa shape index (κ1) is 13.9. The molecule has 0 saturated heterocycles. The molecule has 0 radical (unpaired) electrons. The lowest BCUT2D eigenvalue weighted by molar-refractivity contribution is 0.241. The molecule has 2 heteroatoms. The number of hydrogen-bond donors (Lipinski definition) is 1. The summed E-state index contributed by atoms with van der Waals surface area (Å²) in [7, 11) is 0. The van der Waals surface area contributed by atoms with Crippen LogP contribution >= 0.6 is 0 Å². The first-order valence-electron chi connectivity index (χ1n) is 6.85. The summed E-state index contributed by atoms with van der Waals surface area (Å²) in [6.45, 7) is 7.91. The average molecular weight is 257 g/mol. The Balaban J connectivity index is 2.23. The fourth-order valence-electron chi connectivity index (χ4n) is 2.13. The van der Waals surface area contributed by atoms with E-state index in [9.17, 15) is 0 Å². The summed E-state index contributed by atoms with van der Waals surface area (Å²) in [5.74, 6) is 0.922. The van der Waals surface area contributed by atoms with Crippen molar-refractivity contribution >= 4 is 10.8 Å². The maximum Gasteiger partial charge on any atom is 0.124 e. The van der Waals surface area contributed by atoms with Crippen LogP contribution in [0.3, 0.4) is 0 Å². The minimum Gasteiger partial charge on any atom is -0.493 e. The topological polar surface area (TPSA) is 35.2 Å². The largest absolute Gasteiger partial charge is 0.493 e. The second-order valence-electron chi connectivity index (χ2n) is 6.13. The van der Waals surface area contributed by atoms with E-state index in [4.69, 9.17) is 10.5 Å². The van der Waals surface area contributed by atoms with Crippen molar-refractivity contribution in [3.8, 4) is 5.75 Å². The zero-order valence-electron chi connectivity index (χ0n) is 12.1. The van der Waals surface area contributed by atoms with Gasteiger partial charge in [-0.25, -0.2) is 0 Å². The first-order valence-corrected chi connectivity index (χ1v) is 6.85. The number of benzene rings is 2. The van der Waals surface area contributed by atoms with Gasteiger partial charge in [0.1, 0.15) is 5.75 Å². The molecule has 0 aromatic heterocycles. The monoisotopic (exact) mass is 257 g/mol. The maximum absolute atomic E-state index is 5.93. The van der Waals surface area contributed by atoms with Gasteiger partial charge in [0.2, 0.25) is 0 Å². The van der Waals surface area contributed by atoms with Gasteiger partial charge in [-0.1, -0.05) is 51.1 Å². The van der Waals surface area contributed by atoms with Gasteiger partial charge in [-0.05, 0) is 28.7 Å². The minimum atomic E-state index is 0.291. The molecule has 0 bridgehead atoms. The fourth-order valence-corrected chi connectivity index (χ4v) is 2.13. The second-order valence-corrected chi connectivity index (χ2v) is 6.13. The molecule has 0 aliphatic carbocycles. The Labute approximate surface area is 115 Å².